The normalized spacial score (nSPS) is 10.9. The average Bonchev–Trinajstić information content (AvgIpc) is 2.79. The minimum atomic E-state index is 0.686. The van der Waals surface area contributed by atoms with Crippen LogP contribution in [0.15, 0.2) is 24.3 Å². The molecule has 19 heavy (non-hydrogen) atoms. The summed E-state index contributed by atoms with van der Waals surface area (Å²) in [7, 11) is 0. The number of aromatic nitrogens is 3. The maximum absolute atomic E-state index is 5.57. The van der Waals surface area contributed by atoms with Gasteiger partial charge in [-0.2, -0.15) is 5.10 Å². The Morgan fingerprint density at radius 2 is 1.95 bits per heavy atom. The molecular weight excluding hydrogens is 236 g/mol. The number of unbranched alkanes of at least 4 members (excludes halogenated alkanes) is 1. The third kappa shape index (κ3) is 3.41. The van der Waals surface area contributed by atoms with Crippen LogP contribution in [0.2, 0.25) is 0 Å². The molecule has 1 heterocycles. The first-order valence-corrected chi connectivity index (χ1v) is 6.95. The fraction of sp³-hybridized carbons (Fsp3) is 0.467. The van der Waals surface area contributed by atoms with Gasteiger partial charge < -0.3 is 5.73 Å². The van der Waals surface area contributed by atoms with Crippen LogP contribution < -0.4 is 5.73 Å². The predicted octanol–water partition coefficient (Wildman–Crippen LogP) is 2.55. The molecule has 0 atom stereocenters. The van der Waals surface area contributed by atoms with Crippen LogP contribution in [-0.4, -0.2) is 21.3 Å². The van der Waals surface area contributed by atoms with E-state index >= 15 is 0 Å². The Balaban J connectivity index is 2.24. The monoisotopic (exact) mass is 258 g/mol. The van der Waals surface area contributed by atoms with Gasteiger partial charge in [0.25, 0.3) is 0 Å². The van der Waals surface area contributed by atoms with Crippen molar-refractivity contribution in [1.29, 1.82) is 0 Å². The largest absolute Gasteiger partial charge is 0.330 e. The molecular formula is C15H22N4. The highest BCUT2D eigenvalue weighted by Gasteiger charge is 2.09. The van der Waals surface area contributed by atoms with Crippen molar-refractivity contribution in [3.05, 3.63) is 35.7 Å². The minimum Gasteiger partial charge on any atom is -0.330 e. The number of nitrogens with zero attached hydrogens (tertiary/aromatic N) is 3. The number of nitrogens with two attached hydrogens (primary N) is 1. The van der Waals surface area contributed by atoms with Crippen molar-refractivity contribution >= 4 is 0 Å². The Morgan fingerprint density at radius 1 is 1.21 bits per heavy atom. The van der Waals surface area contributed by atoms with E-state index in [9.17, 15) is 0 Å². The molecule has 0 aliphatic rings. The molecule has 0 fully saturated rings. The first kappa shape index (κ1) is 13.7. The maximum atomic E-state index is 5.57. The summed E-state index contributed by atoms with van der Waals surface area (Å²) in [6.07, 6.45) is 3.21. The average molecular weight is 258 g/mol. The molecule has 0 saturated heterocycles. The van der Waals surface area contributed by atoms with Crippen molar-refractivity contribution in [3.8, 4) is 11.4 Å². The zero-order chi connectivity index (χ0) is 13.7. The highest BCUT2D eigenvalue weighted by Crippen LogP contribution is 2.18. The summed E-state index contributed by atoms with van der Waals surface area (Å²) in [5.74, 6) is 1.79. The third-order valence-electron chi connectivity index (χ3n) is 3.15. The molecule has 2 N–H and O–H groups in total. The number of aryl methyl sites for hydroxylation is 2. The summed E-state index contributed by atoms with van der Waals surface area (Å²) in [5.41, 5.74) is 7.95. The Kier molecular flexibility index (Phi) is 4.68. The standard InChI is InChI=1S/C15H22N4/c1-3-4-11-19-15(17-12(2)18-19)14-7-5-13(6-8-14)9-10-16/h5-8H,3-4,9-11,16H2,1-2H3. The van der Waals surface area contributed by atoms with E-state index < -0.39 is 0 Å². The summed E-state index contributed by atoms with van der Waals surface area (Å²) in [4.78, 5) is 4.54. The Morgan fingerprint density at radius 3 is 2.58 bits per heavy atom. The second-order valence-electron chi connectivity index (χ2n) is 4.79. The van der Waals surface area contributed by atoms with Gasteiger partial charge in [0, 0.05) is 12.1 Å². The lowest BCUT2D eigenvalue weighted by molar-refractivity contribution is 0.573. The van der Waals surface area contributed by atoms with E-state index in [1.807, 2.05) is 11.6 Å². The van der Waals surface area contributed by atoms with Crippen LogP contribution in [0, 0.1) is 6.92 Å². The van der Waals surface area contributed by atoms with Crippen LogP contribution in [0.25, 0.3) is 11.4 Å². The number of benzene rings is 1. The van der Waals surface area contributed by atoms with Crippen LogP contribution in [0.5, 0.6) is 0 Å². The maximum Gasteiger partial charge on any atom is 0.158 e. The first-order chi connectivity index (χ1) is 9.24. The highest BCUT2D eigenvalue weighted by molar-refractivity contribution is 5.55. The van der Waals surface area contributed by atoms with Crippen molar-refractivity contribution < 1.29 is 0 Å². The molecule has 1 aromatic carbocycles. The lowest BCUT2D eigenvalue weighted by atomic mass is 10.1. The van der Waals surface area contributed by atoms with Gasteiger partial charge in [0.2, 0.25) is 0 Å². The lowest BCUT2D eigenvalue weighted by Crippen LogP contribution is -2.04. The molecule has 0 unspecified atom stereocenters. The van der Waals surface area contributed by atoms with Gasteiger partial charge in [0.15, 0.2) is 5.82 Å². The van der Waals surface area contributed by atoms with Crippen LogP contribution >= 0.6 is 0 Å². The van der Waals surface area contributed by atoms with Gasteiger partial charge in [-0.1, -0.05) is 37.6 Å². The molecule has 0 radical (unpaired) electrons. The Labute approximate surface area is 114 Å². The topological polar surface area (TPSA) is 56.7 Å². The van der Waals surface area contributed by atoms with Gasteiger partial charge in [-0.25, -0.2) is 9.67 Å². The van der Waals surface area contributed by atoms with Crippen LogP contribution in [0.1, 0.15) is 31.2 Å². The van der Waals surface area contributed by atoms with Crippen molar-refractivity contribution in [2.24, 2.45) is 5.73 Å². The van der Waals surface area contributed by atoms with E-state index in [0.29, 0.717) is 6.54 Å². The van der Waals surface area contributed by atoms with E-state index in [4.69, 9.17) is 5.73 Å². The summed E-state index contributed by atoms with van der Waals surface area (Å²) >= 11 is 0. The van der Waals surface area contributed by atoms with Crippen molar-refractivity contribution in [2.45, 2.75) is 39.7 Å². The highest BCUT2D eigenvalue weighted by atomic mass is 15.3. The summed E-state index contributed by atoms with van der Waals surface area (Å²) in [5, 5.41) is 4.47. The van der Waals surface area contributed by atoms with E-state index in [1.165, 1.54) is 5.56 Å². The summed E-state index contributed by atoms with van der Waals surface area (Å²) in [6, 6.07) is 8.46. The molecule has 1 aromatic heterocycles. The number of hydrogen-bond donors (Lipinski definition) is 1. The molecule has 0 aliphatic heterocycles. The first-order valence-electron chi connectivity index (χ1n) is 6.95. The van der Waals surface area contributed by atoms with Crippen molar-refractivity contribution in [3.63, 3.8) is 0 Å². The zero-order valence-corrected chi connectivity index (χ0v) is 11.8. The fourth-order valence-corrected chi connectivity index (χ4v) is 2.12. The third-order valence-corrected chi connectivity index (χ3v) is 3.15. The summed E-state index contributed by atoms with van der Waals surface area (Å²) < 4.78 is 2.01. The molecule has 102 valence electrons. The molecule has 0 amide bonds. The molecule has 0 spiro atoms. The molecule has 4 nitrogen and oxygen atoms in total. The van der Waals surface area contributed by atoms with Crippen LogP contribution in [-0.2, 0) is 13.0 Å². The molecule has 4 heteroatoms. The van der Waals surface area contributed by atoms with E-state index in [-0.39, 0.29) is 0 Å². The second kappa shape index (κ2) is 6.48. The quantitative estimate of drug-likeness (QED) is 0.866. The van der Waals surface area contributed by atoms with Crippen molar-refractivity contribution in [1.82, 2.24) is 14.8 Å². The smallest absolute Gasteiger partial charge is 0.158 e. The molecule has 2 aromatic rings. The van der Waals surface area contributed by atoms with E-state index in [2.05, 4.69) is 41.3 Å². The molecule has 0 aliphatic carbocycles. The second-order valence-corrected chi connectivity index (χ2v) is 4.79. The van der Waals surface area contributed by atoms with Crippen LogP contribution in [0.4, 0.5) is 0 Å². The van der Waals surface area contributed by atoms with Crippen LogP contribution in [0.3, 0.4) is 0 Å². The fourth-order valence-electron chi connectivity index (χ4n) is 2.12. The SMILES string of the molecule is CCCCn1nc(C)nc1-c1ccc(CCN)cc1. The number of rotatable bonds is 6. The van der Waals surface area contributed by atoms with Gasteiger partial charge in [-0.05, 0) is 31.9 Å². The molecule has 0 saturated carbocycles. The Hall–Kier alpha value is -1.68. The van der Waals surface area contributed by atoms with E-state index in [1.54, 1.807) is 0 Å². The molecule has 0 bridgehead atoms. The van der Waals surface area contributed by atoms with Gasteiger partial charge in [-0.3, -0.25) is 0 Å². The minimum absolute atomic E-state index is 0.686. The molecule has 2 rings (SSSR count). The zero-order valence-electron chi connectivity index (χ0n) is 11.8. The van der Waals surface area contributed by atoms with Gasteiger partial charge >= 0.3 is 0 Å². The van der Waals surface area contributed by atoms with Gasteiger partial charge in [-0.15, -0.1) is 0 Å². The van der Waals surface area contributed by atoms with Gasteiger partial charge in [0.1, 0.15) is 5.82 Å². The van der Waals surface area contributed by atoms with Gasteiger partial charge in [0.05, 0.1) is 0 Å². The van der Waals surface area contributed by atoms with Crippen molar-refractivity contribution in [2.75, 3.05) is 6.54 Å². The predicted molar refractivity (Wildman–Crippen MR) is 77.9 cm³/mol. The lowest BCUT2D eigenvalue weighted by Gasteiger charge is -2.06. The van der Waals surface area contributed by atoms with E-state index in [0.717, 1.165) is 43.0 Å². The Bertz CT molecular complexity index is 513. The number of hydrogen-bond acceptors (Lipinski definition) is 3. The summed E-state index contributed by atoms with van der Waals surface area (Å²) in [6.45, 7) is 5.74.